The molecule has 0 spiro atoms. The summed E-state index contributed by atoms with van der Waals surface area (Å²) in [5.74, 6) is 2.33. The molecule has 0 unspecified atom stereocenters. The highest BCUT2D eigenvalue weighted by molar-refractivity contribution is 5.84. The normalized spacial score (nSPS) is 13.8. The molecule has 0 bridgehead atoms. The van der Waals surface area contributed by atoms with Gasteiger partial charge in [-0.25, -0.2) is 4.98 Å². The molecule has 2 aromatic carbocycles. The van der Waals surface area contributed by atoms with Crippen LogP contribution in [0.1, 0.15) is 48.5 Å². The molecule has 10 heteroatoms. The Labute approximate surface area is 212 Å². The van der Waals surface area contributed by atoms with Crippen molar-refractivity contribution in [3.63, 3.8) is 0 Å². The van der Waals surface area contributed by atoms with Gasteiger partial charge in [0.1, 0.15) is 29.8 Å². The van der Waals surface area contributed by atoms with E-state index >= 15 is 0 Å². The lowest BCUT2D eigenvalue weighted by atomic mass is 9.83. The second kappa shape index (κ2) is 10.5. The smallest absolute Gasteiger partial charge is 0.416 e. The summed E-state index contributed by atoms with van der Waals surface area (Å²) in [7, 11) is 0. The maximum atomic E-state index is 13.1. The largest absolute Gasteiger partial charge is 0.486 e. The molecule has 37 heavy (non-hydrogen) atoms. The van der Waals surface area contributed by atoms with Crippen LogP contribution in [0.5, 0.6) is 5.75 Å². The number of imidazole rings is 1. The molecule has 4 aromatic rings. The number of nitrogens with zero attached hydrogens (tertiary/aromatic N) is 5. The van der Waals surface area contributed by atoms with E-state index in [9.17, 15) is 18.4 Å². The topological polar surface area (TPSA) is 88.7 Å². The van der Waals surface area contributed by atoms with E-state index in [-0.39, 0.29) is 19.0 Å². The molecule has 0 radical (unpaired) electrons. The fourth-order valence-corrected chi connectivity index (χ4v) is 4.36. The summed E-state index contributed by atoms with van der Waals surface area (Å²) in [6, 6.07) is 16.3. The highest BCUT2D eigenvalue weighted by Crippen LogP contribution is 2.31. The standard InChI is InChI=1S/C27H25F3N6O/c28-27(29,30)20-11-9-19(10-12-20)16-36-23(17-37-21-7-2-1-3-8-21)35-26-24(36)25(33-22(15-31)34-26)32-14-13-18-5-4-6-18/h1-3,7-12,18H,4-6,13-14,16-17H2,(H,32,33,34). The van der Waals surface area contributed by atoms with Crippen LogP contribution >= 0.6 is 0 Å². The van der Waals surface area contributed by atoms with Crippen molar-refractivity contribution in [2.75, 3.05) is 11.9 Å². The van der Waals surface area contributed by atoms with E-state index in [1.165, 1.54) is 31.4 Å². The van der Waals surface area contributed by atoms with E-state index < -0.39 is 11.7 Å². The summed E-state index contributed by atoms with van der Waals surface area (Å²) in [5.41, 5.74) is 0.855. The minimum absolute atomic E-state index is 0.00616. The van der Waals surface area contributed by atoms with Gasteiger partial charge in [0.2, 0.25) is 5.82 Å². The van der Waals surface area contributed by atoms with Gasteiger partial charge in [0.05, 0.1) is 5.56 Å². The zero-order valence-electron chi connectivity index (χ0n) is 20.0. The predicted octanol–water partition coefficient (Wildman–Crippen LogP) is 5.95. The Kier molecular flexibility index (Phi) is 6.95. The van der Waals surface area contributed by atoms with Crippen molar-refractivity contribution >= 4 is 17.0 Å². The Morgan fingerprint density at radius 2 is 1.78 bits per heavy atom. The van der Waals surface area contributed by atoms with E-state index in [0.29, 0.717) is 46.6 Å². The zero-order valence-corrected chi connectivity index (χ0v) is 20.0. The van der Waals surface area contributed by atoms with E-state index in [4.69, 9.17) is 4.74 Å². The molecule has 7 nitrogen and oxygen atoms in total. The summed E-state index contributed by atoms with van der Waals surface area (Å²) in [6.45, 7) is 1.02. The van der Waals surface area contributed by atoms with Crippen LogP contribution in [0.15, 0.2) is 54.6 Å². The van der Waals surface area contributed by atoms with Gasteiger partial charge in [0.15, 0.2) is 11.5 Å². The molecule has 0 amide bonds. The molecule has 0 aliphatic heterocycles. The van der Waals surface area contributed by atoms with Gasteiger partial charge in [0, 0.05) is 13.1 Å². The Morgan fingerprint density at radius 3 is 2.43 bits per heavy atom. The number of anilines is 1. The molecule has 190 valence electrons. The maximum absolute atomic E-state index is 13.1. The number of nitrogens with one attached hydrogen (secondary N) is 1. The van der Waals surface area contributed by atoms with Crippen LogP contribution in [0.3, 0.4) is 0 Å². The fourth-order valence-electron chi connectivity index (χ4n) is 4.36. The highest BCUT2D eigenvalue weighted by Gasteiger charge is 2.30. The van der Waals surface area contributed by atoms with Crippen LogP contribution < -0.4 is 10.1 Å². The summed E-state index contributed by atoms with van der Waals surface area (Å²) >= 11 is 0. The molecule has 1 N–H and O–H groups in total. The monoisotopic (exact) mass is 506 g/mol. The summed E-state index contributed by atoms with van der Waals surface area (Å²) in [6.07, 6.45) is 0.276. The molecule has 1 fully saturated rings. The number of benzene rings is 2. The molecule has 2 heterocycles. The molecule has 1 aliphatic rings. The first-order valence-corrected chi connectivity index (χ1v) is 12.2. The first-order chi connectivity index (χ1) is 17.9. The van der Waals surface area contributed by atoms with Crippen molar-refractivity contribution in [1.82, 2.24) is 19.5 Å². The van der Waals surface area contributed by atoms with E-state index in [2.05, 4.69) is 20.3 Å². The lowest BCUT2D eigenvalue weighted by molar-refractivity contribution is -0.137. The van der Waals surface area contributed by atoms with Crippen LogP contribution in [0, 0.1) is 17.2 Å². The summed E-state index contributed by atoms with van der Waals surface area (Å²) in [4.78, 5) is 13.3. The van der Waals surface area contributed by atoms with Crippen LogP contribution in [-0.4, -0.2) is 26.1 Å². The zero-order chi connectivity index (χ0) is 25.8. The van der Waals surface area contributed by atoms with Crippen molar-refractivity contribution in [2.45, 2.75) is 45.0 Å². The number of hydrogen-bond acceptors (Lipinski definition) is 6. The molecular formula is C27H25F3N6O. The number of alkyl halides is 3. The molecule has 1 saturated carbocycles. The van der Waals surface area contributed by atoms with Gasteiger partial charge in [-0.2, -0.15) is 28.4 Å². The lowest BCUT2D eigenvalue weighted by Crippen LogP contribution is -2.17. The van der Waals surface area contributed by atoms with Gasteiger partial charge in [-0.1, -0.05) is 49.6 Å². The number of rotatable bonds is 9. The average molecular weight is 507 g/mol. The first kappa shape index (κ1) is 24.6. The number of aromatic nitrogens is 4. The Hall–Kier alpha value is -4.13. The van der Waals surface area contributed by atoms with Gasteiger partial charge in [-0.15, -0.1) is 0 Å². The van der Waals surface area contributed by atoms with Gasteiger partial charge in [-0.05, 0) is 42.2 Å². The maximum Gasteiger partial charge on any atom is 0.416 e. The Bertz CT molecular complexity index is 1410. The van der Waals surface area contributed by atoms with Gasteiger partial charge < -0.3 is 14.6 Å². The second-order valence-corrected chi connectivity index (χ2v) is 9.10. The fraction of sp³-hybridized carbons (Fsp3) is 0.333. The number of halogens is 3. The first-order valence-electron chi connectivity index (χ1n) is 12.2. The van der Waals surface area contributed by atoms with Gasteiger partial charge in [-0.3, -0.25) is 0 Å². The number of ether oxygens (including phenoxy) is 1. The summed E-state index contributed by atoms with van der Waals surface area (Å²) < 4.78 is 47.0. The second-order valence-electron chi connectivity index (χ2n) is 9.10. The van der Waals surface area contributed by atoms with Crippen molar-refractivity contribution < 1.29 is 17.9 Å². The third-order valence-corrected chi connectivity index (χ3v) is 6.58. The van der Waals surface area contributed by atoms with Gasteiger partial charge >= 0.3 is 6.18 Å². The highest BCUT2D eigenvalue weighted by atomic mass is 19.4. The van der Waals surface area contributed by atoms with E-state index in [1.54, 1.807) is 0 Å². The van der Waals surface area contributed by atoms with Crippen LogP contribution in [0.4, 0.5) is 19.0 Å². The van der Waals surface area contributed by atoms with Crippen molar-refractivity contribution in [3.05, 3.63) is 77.4 Å². The quantitative estimate of drug-likeness (QED) is 0.302. The molecule has 5 rings (SSSR count). The summed E-state index contributed by atoms with van der Waals surface area (Å²) in [5, 5.41) is 12.8. The van der Waals surface area contributed by atoms with E-state index in [1.807, 2.05) is 41.0 Å². The number of hydrogen-bond donors (Lipinski definition) is 1. The van der Waals surface area contributed by atoms with Crippen LogP contribution in [0.2, 0.25) is 0 Å². The molecule has 0 atom stereocenters. The number of fused-ring (bicyclic) bond motifs is 1. The Balaban J connectivity index is 1.51. The number of nitriles is 1. The molecule has 1 aliphatic carbocycles. The third kappa shape index (κ3) is 5.66. The molecule has 0 saturated heterocycles. The van der Waals surface area contributed by atoms with Crippen molar-refractivity contribution in [1.29, 1.82) is 5.26 Å². The van der Waals surface area contributed by atoms with Crippen molar-refractivity contribution in [2.24, 2.45) is 5.92 Å². The minimum atomic E-state index is -4.41. The van der Waals surface area contributed by atoms with Crippen LogP contribution in [-0.2, 0) is 19.3 Å². The van der Waals surface area contributed by atoms with E-state index in [0.717, 1.165) is 18.6 Å². The van der Waals surface area contributed by atoms with Crippen molar-refractivity contribution in [3.8, 4) is 11.8 Å². The average Bonchev–Trinajstić information content (AvgIpc) is 3.21. The molecule has 2 aromatic heterocycles. The van der Waals surface area contributed by atoms with Crippen LogP contribution in [0.25, 0.3) is 11.2 Å². The third-order valence-electron chi connectivity index (χ3n) is 6.58. The molecular weight excluding hydrogens is 481 g/mol. The van der Waals surface area contributed by atoms with Gasteiger partial charge in [0.25, 0.3) is 0 Å². The minimum Gasteiger partial charge on any atom is -0.486 e. The lowest BCUT2D eigenvalue weighted by Gasteiger charge is -2.25. The Morgan fingerprint density at radius 1 is 1.03 bits per heavy atom. The predicted molar refractivity (Wildman–Crippen MR) is 132 cm³/mol. The number of para-hydroxylation sites is 1. The SMILES string of the molecule is N#Cc1nc(NCCC2CCC2)c2c(n1)nc(COc1ccccc1)n2Cc1ccc(C(F)(F)F)cc1.